The lowest BCUT2D eigenvalue weighted by molar-refractivity contribution is 0.0985. The lowest BCUT2D eigenvalue weighted by atomic mass is 10.2. The van der Waals surface area contributed by atoms with E-state index in [1.807, 2.05) is 6.92 Å². The number of hydrogen-bond acceptors (Lipinski definition) is 4. The Balaban J connectivity index is 1.37. The smallest absolute Gasteiger partial charge is 0.118 e. The summed E-state index contributed by atoms with van der Waals surface area (Å²) in [5.74, 6) is 2.03. The fourth-order valence-corrected chi connectivity index (χ4v) is 2.73. The van der Waals surface area contributed by atoms with Gasteiger partial charge in [0.1, 0.15) is 11.5 Å². The van der Waals surface area contributed by atoms with Crippen molar-refractivity contribution in [1.82, 2.24) is 10.2 Å². The molecule has 4 heteroatoms. The summed E-state index contributed by atoms with van der Waals surface area (Å²) in [5, 5.41) is 3.48. The zero-order chi connectivity index (χ0) is 13.8. The molecule has 2 fully saturated rings. The van der Waals surface area contributed by atoms with E-state index >= 15 is 0 Å². The van der Waals surface area contributed by atoms with Gasteiger partial charge in [-0.05, 0) is 51.8 Å². The average molecular weight is 278 g/mol. The Bertz CT molecular complexity index is 420. The maximum Gasteiger partial charge on any atom is 0.118 e. The molecule has 1 saturated carbocycles. The fourth-order valence-electron chi connectivity index (χ4n) is 2.73. The monoisotopic (exact) mass is 278 g/mol. The Kier molecular flexibility index (Phi) is 4.76. The molecule has 0 aromatic carbocycles. The second kappa shape index (κ2) is 6.74. The molecule has 3 rings (SSSR count). The molecule has 0 spiro atoms. The first-order valence-electron chi connectivity index (χ1n) is 7.93. The second-order valence-corrected chi connectivity index (χ2v) is 6.05. The summed E-state index contributed by atoms with van der Waals surface area (Å²) in [6, 6.07) is 2.86. The fraction of sp³-hybridized carbons (Fsp3) is 0.750. The minimum atomic E-state index is 0.673. The first-order valence-corrected chi connectivity index (χ1v) is 7.93. The third kappa shape index (κ3) is 4.08. The van der Waals surface area contributed by atoms with Crippen LogP contribution in [-0.2, 0) is 17.9 Å². The molecule has 0 radical (unpaired) electrons. The molecule has 1 N–H and O–H groups in total. The van der Waals surface area contributed by atoms with Crippen molar-refractivity contribution < 1.29 is 9.15 Å². The van der Waals surface area contributed by atoms with Crippen molar-refractivity contribution in [2.24, 2.45) is 0 Å². The number of aryl methyl sites for hydroxylation is 1. The SMILES string of the molecule is Cc1oc(CNC2CC2)cc1COCCN1CCCC1. The molecule has 2 aliphatic rings. The van der Waals surface area contributed by atoms with Gasteiger partial charge in [0.15, 0.2) is 0 Å². The summed E-state index contributed by atoms with van der Waals surface area (Å²) in [4.78, 5) is 2.48. The largest absolute Gasteiger partial charge is 0.465 e. The Morgan fingerprint density at radius 2 is 2.15 bits per heavy atom. The number of nitrogens with zero attached hydrogens (tertiary/aromatic N) is 1. The topological polar surface area (TPSA) is 37.6 Å². The van der Waals surface area contributed by atoms with Gasteiger partial charge in [0.05, 0.1) is 19.8 Å². The summed E-state index contributed by atoms with van der Waals surface area (Å²) in [5.41, 5.74) is 1.19. The molecule has 1 aromatic heterocycles. The summed E-state index contributed by atoms with van der Waals surface area (Å²) in [6.45, 7) is 7.91. The molecule has 1 aliphatic carbocycles. The van der Waals surface area contributed by atoms with Crippen LogP contribution in [0.1, 0.15) is 42.8 Å². The van der Waals surface area contributed by atoms with Crippen LogP contribution in [0.2, 0.25) is 0 Å². The highest BCUT2D eigenvalue weighted by Gasteiger charge is 2.20. The number of rotatable bonds is 8. The molecule has 0 amide bonds. The van der Waals surface area contributed by atoms with Crippen molar-refractivity contribution in [2.45, 2.75) is 51.8 Å². The molecule has 0 atom stereocenters. The van der Waals surface area contributed by atoms with E-state index in [2.05, 4.69) is 16.3 Å². The van der Waals surface area contributed by atoms with Gasteiger partial charge in [0.25, 0.3) is 0 Å². The first-order chi connectivity index (χ1) is 9.81. The van der Waals surface area contributed by atoms with Crippen LogP contribution in [-0.4, -0.2) is 37.2 Å². The van der Waals surface area contributed by atoms with Gasteiger partial charge in [0, 0.05) is 18.2 Å². The van der Waals surface area contributed by atoms with Crippen LogP contribution in [0.3, 0.4) is 0 Å². The predicted octanol–water partition coefficient (Wildman–Crippen LogP) is 2.45. The van der Waals surface area contributed by atoms with E-state index in [9.17, 15) is 0 Å². The number of likely N-dealkylation sites (tertiary alicyclic amines) is 1. The third-order valence-corrected chi connectivity index (χ3v) is 4.22. The van der Waals surface area contributed by atoms with Crippen LogP contribution in [0.5, 0.6) is 0 Å². The first kappa shape index (κ1) is 14.1. The number of furan rings is 1. The van der Waals surface area contributed by atoms with Crippen molar-refractivity contribution in [3.63, 3.8) is 0 Å². The molecule has 2 heterocycles. The maximum absolute atomic E-state index is 5.79. The van der Waals surface area contributed by atoms with Crippen molar-refractivity contribution in [1.29, 1.82) is 0 Å². The van der Waals surface area contributed by atoms with E-state index < -0.39 is 0 Å². The predicted molar refractivity (Wildman–Crippen MR) is 78.6 cm³/mol. The van der Waals surface area contributed by atoms with E-state index in [4.69, 9.17) is 9.15 Å². The second-order valence-electron chi connectivity index (χ2n) is 6.05. The van der Waals surface area contributed by atoms with Crippen LogP contribution < -0.4 is 5.32 Å². The standard InChI is InChI=1S/C16H26N2O2/c1-13-14(10-16(20-13)11-17-15-4-5-15)12-19-9-8-18-6-2-3-7-18/h10,15,17H,2-9,11-12H2,1H3. The molecular formula is C16H26N2O2. The van der Waals surface area contributed by atoms with E-state index in [-0.39, 0.29) is 0 Å². The Morgan fingerprint density at radius 1 is 1.35 bits per heavy atom. The van der Waals surface area contributed by atoms with Gasteiger partial charge in [-0.2, -0.15) is 0 Å². The average Bonchev–Trinajstić information content (AvgIpc) is 2.99. The van der Waals surface area contributed by atoms with Crippen LogP contribution >= 0.6 is 0 Å². The minimum Gasteiger partial charge on any atom is -0.465 e. The summed E-state index contributed by atoms with van der Waals surface area (Å²) in [6.07, 6.45) is 5.31. The molecule has 112 valence electrons. The molecule has 0 unspecified atom stereocenters. The van der Waals surface area contributed by atoms with Gasteiger partial charge in [-0.3, -0.25) is 0 Å². The highest BCUT2D eigenvalue weighted by atomic mass is 16.5. The number of ether oxygens (including phenoxy) is 1. The molecule has 4 nitrogen and oxygen atoms in total. The van der Waals surface area contributed by atoms with Crippen molar-refractivity contribution in [3.05, 3.63) is 23.2 Å². The molecule has 1 aliphatic heterocycles. The van der Waals surface area contributed by atoms with Gasteiger partial charge in [-0.1, -0.05) is 0 Å². The van der Waals surface area contributed by atoms with Crippen molar-refractivity contribution in [3.8, 4) is 0 Å². The van der Waals surface area contributed by atoms with Gasteiger partial charge in [0.2, 0.25) is 0 Å². The zero-order valence-corrected chi connectivity index (χ0v) is 12.5. The Morgan fingerprint density at radius 3 is 2.90 bits per heavy atom. The minimum absolute atomic E-state index is 0.673. The van der Waals surface area contributed by atoms with Crippen LogP contribution in [0.25, 0.3) is 0 Å². The van der Waals surface area contributed by atoms with Crippen LogP contribution in [0.15, 0.2) is 10.5 Å². The van der Waals surface area contributed by atoms with E-state index in [1.165, 1.54) is 44.3 Å². The quantitative estimate of drug-likeness (QED) is 0.741. The van der Waals surface area contributed by atoms with Crippen LogP contribution in [0.4, 0.5) is 0 Å². The summed E-state index contributed by atoms with van der Waals surface area (Å²) < 4.78 is 11.6. The van der Waals surface area contributed by atoms with Gasteiger partial charge in [-0.15, -0.1) is 0 Å². The lowest BCUT2D eigenvalue weighted by Gasteiger charge is -2.13. The van der Waals surface area contributed by atoms with Crippen molar-refractivity contribution >= 4 is 0 Å². The van der Waals surface area contributed by atoms with Gasteiger partial charge in [-0.25, -0.2) is 0 Å². The van der Waals surface area contributed by atoms with Gasteiger partial charge >= 0.3 is 0 Å². The van der Waals surface area contributed by atoms with Crippen LogP contribution in [0, 0.1) is 6.92 Å². The lowest BCUT2D eigenvalue weighted by Crippen LogP contribution is -2.23. The van der Waals surface area contributed by atoms with Crippen molar-refractivity contribution in [2.75, 3.05) is 26.2 Å². The molecule has 1 aromatic rings. The number of hydrogen-bond donors (Lipinski definition) is 1. The third-order valence-electron chi connectivity index (χ3n) is 4.22. The Hall–Kier alpha value is -0.840. The summed E-state index contributed by atoms with van der Waals surface area (Å²) >= 11 is 0. The highest BCUT2D eigenvalue weighted by molar-refractivity contribution is 5.20. The number of nitrogens with one attached hydrogen (secondary N) is 1. The normalized spacial score (nSPS) is 19.9. The van der Waals surface area contributed by atoms with E-state index in [1.54, 1.807) is 0 Å². The van der Waals surface area contributed by atoms with E-state index in [0.29, 0.717) is 6.61 Å². The Labute approximate surface area is 121 Å². The van der Waals surface area contributed by atoms with E-state index in [0.717, 1.165) is 37.3 Å². The molecular weight excluding hydrogens is 252 g/mol. The summed E-state index contributed by atoms with van der Waals surface area (Å²) in [7, 11) is 0. The molecule has 1 saturated heterocycles. The zero-order valence-electron chi connectivity index (χ0n) is 12.5. The highest BCUT2D eigenvalue weighted by Crippen LogP contribution is 2.21. The molecule has 0 bridgehead atoms. The molecule has 20 heavy (non-hydrogen) atoms. The maximum atomic E-state index is 5.79. The van der Waals surface area contributed by atoms with Gasteiger partial charge < -0.3 is 19.4 Å².